The van der Waals surface area contributed by atoms with E-state index < -0.39 is 5.60 Å². The molecule has 1 unspecified atom stereocenters. The molecule has 0 amide bonds. The van der Waals surface area contributed by atoms with Gasteiger partial charge in [0.2, 0.25) is 0 Å². The Kier molecular flexibility index (Phi) is 2.54. The van der Waals surface area contributed by atoms with E-state index in [9.17, 15) is 9.90 Å². The van der Waals surface area contributed by atoms with E-state index in [1.165, 1.54) is 18.4 Å². The van der Waals surface area contributed by atoms with Crippen LogP contribution in [-0.4, -0.2) is 57.9 Å². The Morgan fingerprint density at radius 2 is 2.23 bits per heavy atom. The summed E-state index contributed by atoms with van der Waals surface area (Å²) in [5.41, 5.74) is 0.626. The lowest BCUT2D eigenvalue weighted by Crippen LogP contribution is -2.77. The molecule has 2 saturated heterocycles. The minimum absolute atomic E-state index is 0.148. The number of carbonyl (C=O) groups is 1. The van der Waals surface area contributed by atoms with Gasteiger partial charge in [-0.25, -0.2) is 4.79 Å². The molecule has 120 valence electrons. The molecule has 2 aliphatic carbocycles. The zero-order valence-electron chi connectivity index (χ0n) is 13.0. The molecule has 5 aliphatic rings. The van der Waals surface area contributed by atoms with Crippen LogP contribution in [0.25, 0.3) is 0 Å². The number of hydrogen-bond donors (Lipinski definition) is 2. The number of hydrogen-bond acceptors (Lipinski definition) is 5. The van der Waals surface area contributed by atoms with Gasteiger partial charge in [-0.3, -0.25) is 4.90 Å². The average molecular weight is 304 g/mol. The van der Waals surface area contributed by atoms with Crippen LogP contribution < -0.4 is 5.32 Å². The van der Waals surface area contributed by atoms with Gasteiger partial charge in [0, 0.05) is 18.2 Å². The van der Waals surface area contributed by atoms with Crippen LogP contribution in [-0.2, 0) is 9.53 Å². The second kappa shape index (κ2) is 4.13. The normalized spacial score (nSPS) is 52.8. The predicted molar refractivity (Wildman–Crippen MR) is 80.2 cm³/mol. The summed E-state index contributed by atoms with van der Waals surface area (Å²) in [5.74, 6) is -0.160. The van der Waals surface area contributed by atoms with Crippen molar-refractivity contribution in [3.63, 3.8) is 0 Å². The highest BCUT2D eigenvalue weighted by molar-refractivity contribution is 5.89. The number of carbonyl (C=O) groups excluding carboxylic acids is 1. The zero-order valence-corrected chi connectivity index (χ0v) is 13.0. The first-order chi connectivity index (χ1) is 10.6. The van der Waals surface area contributed by atoms with Crippen molar-refractivity contribution in [2.24, 2.45) is 0 Å². The third-order valence-corrected chi connectivity index (χ3v) is 6.96. The van der Waals surface area contributed by atoms with Gasteiger partial charge in [0.1, 0.15) is 0 Å². The van der Waals surface area contributed by atoms with Crippen molar-refractivity contribution in [1.82, 2.24) is 10.2 Å². The van der Waals surface area contributed by atoms with Crippen molar-refractivity contribution in [3.8, 4) is 0 Å². The first-order valence-electron chi connectivity index (χ1n) is 8.72. The number of aliphatic hydroxyl groups excluding tert-OH is 1. The summed E-state index contributed by atoms with van der Waals surface area (Å²) >= 11 is 0. The van der Waals surface area contributed by atoms with Crippen molar-refractivity contribution < 1.29 is 14.6 Å². The number of fused-ring (bicyclic) bond motifs is 1. The number of esters is 1. The lowest BCUT2D eigenvalue weighted by Gasteiger charge is -2.58. The molecule has 0 aromatic rings. The van der Waals surface area contributed by atoms with E-state index >= 15 is 0 Å². The number of rotatable bonds is 2. The third-order valence-electron chi connectivity index (χ3n) is 6.96. The molecule has 2 saturated carbocycles. The lowest BCUT2D eigenvalue weighted by molar-refractivity contribution is -0.163. The van der Waals surface area contributed by atoms with E-state index in [2.05, 4.69) is 17.1 Å². The fraction of sp³-hybridized carbons (Fsp3) is 0.824. The van der Waals surface area contributed by atoms with E-state index in [1.54, 1.807) is 6.08 Å². The Hall–Kier alpha value is -0.910. The quantitative estimate of drug-likeness (QED) is 0.736. The van der Waals surface area contributed by atoms with Crippen molar-refractivity contribution in [2.45, 2.75) is 80.8 Å². The molecule has 4 fully saturated rings. The van der Waals surface area contributed by atoms with Gasteiger partial charge < -0.3 is 15.2 Å². The van der Waals surface area contributed by atoms with Gasteiger partial charge in [0.15, 0.2) is 5.60 Å². The van der Waals surface area contributed by atoms with Gasteiger partial charge in [0.05, 0.1) is 17.7 Å². The predicted octanol–water partition coefficient (Wildman–Crippen LogP) is 0.720. The zero-order chi connectivity index (χ0) is 15.1. The molecule has 5 nitrogen and oxygen atoms in total. The summed E-state index contributed by atoms with van der Waals surface area (Å²) in [4.78, 5) is 14.6. The van der Waals surface area contributed by atoms with E-state index in [0.29, 0.717) is 18.1 Å². The summed E-state index contributed by atoms with van der Waals surface area (Å²) in [6.45, 7) is 3.40. The summed E-state index contributed by atoms with van der Waals surface area (Å²) in [5, 5.41) is 13.4. The van der Waals surface area contributed by atoms with E-state index in [4.69, 9.17) is 4.74 Å². The van der Waals surface area contributed by atoms with Crippen LogP contribution in [0.2, 0.25) is 0 Å². The molecular weight excluding hydrogens is 280 g/mol. The fourth-order valence-electron chi connectivity index (χ4n) is 5.91. The smallest absolute Gasteiger partial charge is 0.331 e. The topological polar surface area (TPSA) is 61.8 Å². The van der Waals surface area contributed by atoms with Gasteiger partial charge in [0.25, 0.3) is 0 Å². The largest absolute Gasteiger partial charge is 0.448 e. The van der Waals surface area contributed by atoms with Crippen molar-refractivity contribution in [2.75, 3.05) is 6.54 Å². The highest BCUT2D eigenvalue weighted by Crippen LogP contribution is 2.64. The van der Waals surface area contributed by atoms with Gasteiger partial charge in [-0.1, -0.05) is 6.42 Å². The second-order valence-corrected chi connectivity index (χ2v) is 7.87. The highest BCUT2D eigenvalue weighted by atomic mass is 16.6. The van der Waals surface area contributed by atoms with E-state index in [0.717, 1.165) is 32.2 Å². The summed E-state index contributed by atoms with van der Waals surface area (Å²) in [6.07, 6.45) is 7.71. The molecule has 22 heavy (non-hydrogen) atoms. The molecule has 1 spiro atoms. The fourth-order valence-corrected chi connectivity index (χ4v) is 5.91. The van der Waals surface area contributed by atoms with Crippen LogP contribution >= 0.6 is 0 Å². The minimum atomic E-state index is -0.426. The number of nitrogens with zero attached hydrogens (tertiary/aromatic N) is 1. The molecule has 2 N–H and O–H groups in total. The molecule has 0 radical (unpaired) electrons. The Morgan fingerprint density at radius 3 is 2.95 bits per heavy atom. The second-order valence-electron chi connectivity index (χ2n) is 7.87. The number of aliphatic hydroxyl groups is 1. The SMILES string of the molecule is C[C@@H]1N2CCCC[C@@H]2[C@@]23OC(=O)C=C2CC13NC1CC(O)C1. The maximum Gasteiger partial charge on any atom is 0.331 e. The first-order valence-corrected chi connectivity index (χ1v) is 8.72. The Balaban J connectivity index is 1.54. The monoisotopic (exact) mass is 304 g/mol. The molecule has 0 bridgehead atoms. The standard InChI is InChI=1S/C17H24N2O3/c1-10-16(18-12-7-13(20)8-12)9-11-6-15(21)22-17(11,16)14-4-2-3-5-19(10)14/h6,10,12-14,18,20H,2-5,7-9H2,1H3/t10-,12?,13?,14+,16?,17-/m0/s1. The molecule has 0 aromatic carbocycles. The molecule has 3 heterocycles. The minimum Gasteiger partial charge on any atom is -0.448 e. The van der Waals surface area contributed by atoms with E-state index in [1.807, 2.05) is 0 Å². The number of nitrogens with one attached hydrogen (secondary N) is 1. The van der Waals surface area contributed by atoms with Crippen LogP contribution in [0.1, 0.15) is 45.4 Å². The van der Waals surface area contributed by atoms with Crippen molar-refractivity contribution in [3.05, 3.63) is 11.6 Å². The molecule has 3 aliphatic heterocycles. The summed E-state index contributed by atoms with van der Waals surface area (Å²) < 4.78 is 6.01. The maximum atomic E-state index is 12.0. The Labute approximate surface area is 130 Å². The van der Waals surface area contributed by atoms with Crippen LogP contribution in [0.5, 0.6) is 0 Å². The van der Waals surface area contributed by atoms with E-state index in [-0.39, 0.29) is 17.6 Å². The maximum absolute atomic E-state index is 12.0. The van der Waals surface area contributed by atoms with Gasteiger partial charge in [-0.15, -0.1) is 0 Å². The van der Waals surface area contributed by atoms with Gasteiger partial charge in [-0.05, 0) is 51.1 Å². The molecule has 5 heteroatoms. The van der Waals surface area contributed by atoms with Crippen LogP contribution in [0.15, 0.2) is 11.6 Å². The molecular formula is C17H24N2O3. The van der Waals surface area contributed by atoms with Crippen LogP contribution in [0.4, 0.5) is 0 Å². The Morgan fingerprint density at radius 1 is 1.41 bits per heavy atom. The molecule has 4 atom stereocenters. The van der Waals surface area contributed by atoms with Crippen LogP contribution in [0.3, 0.4) is 0 Å². The van der Waals surface area contributed by atoms with Crippen LogP contribution in [0, 0.1) is 0 Å². The summed E-state index contributed by atoms with van der Waals surface area (Å²) in [6, 6.07) is 1.07. The van der Waals surface area contributed by atoms with Crippen molar-refractivity contribution in [1.29, 1.82) is 0 Å². The van der Waals surface area contributed by atoms with Gasteiger partial charge >= 0.3 is 5.97 Å². The number of piperidine rings is 1. The summed E-state index contributed by atoms with van der Waals surface area (Å²) in [7, 11) is 0. The van der Waals surface area contributed by atoms with Crippen molar-refractivity contribution >= 4 is 5.97 Å². The molecule has 0 aromatic heterocycles. The first kappa shape index (κ1) is 13.5. The Bertz CT molecular complexity index is 570. The third kappa shape index (κ3) is 1.35. The molecule has 5 rings (SSSR count). The lowest BCUT2D eigenvalue weighted by atomic mass is 9.55. The van der Waals surface area contributed by atoms with Gasteiger partial charge in [-0.2, -0.15) is 0 Å². The average Bonchev–Trinajstić information content (AvgIpc) is 2.81. The number of ether oxygens (including phenoxy) is 1. The highest BCUT2D eigenvalue weighted by Gasteiger charge is 2.79.